The first-order valence-electron chi connectivity index (χ1n) is 5.87. The molecule has 2 heteroatoms. The van der Waals surface area contributed by atoms with Gasteiger partial charge in [-0.3, -0.25) is 4.68 Å². The van der Waals surface area contributed by atoms with Crippen molar-refractivity contribution in [1.29, 1.82) is 0 Å². The van der Waals surface area contributed by atoms with Gasteiger partial charge in [0.05, 0.1) is 0 Å². The molecule has 2 aliphatic rings. The third-order valence-corrected chi connectivity index (χ3v) is 3.82. The molecule has 1 aromatic heterocycles. The van der Waals surface area contributed by atoms with E-state index < -0.39 is 0 Å². The van der Waals surface area contributed by atoms with Crippen molar-refractivity contribution in [1.82, 2.24) is 4.68 Å². The van der Waals surface area contributed by atoms with Gasteiger partial charge in [0, 0.05) is 11.4 Å². The molecule has 0 radical (unpaired) electrons. The molecule has 0 unspecified atom stereocenters. The van der Waals surface area contributed by atoms with Crippen molar-refractivity contribution >= 4 is 0 Å². The Morgan fingerprint density at radius 3 is 1.64 bits per heavy atom. The number of fused-ring (bicyclic) bond motifs is 3. The van der Waals surface area contributed by atoms with E-state index in [-0.39, 0.29) is 0 Å². The monoisotopic (exact) mass is 190 g/mol. The highest BCUT2D eigenvalue weighted by Crippen LogP contribution is 2.32. The lowest BCUT2D eigenvalue weighted by Crippen LogP contribution is -2.18. The van der Waals surface area contributed by atoms with Gasteiger partial charge in [0.1, 0.15) is 0 Å². The minimum Gasteiger partial charge on any atom is -0.339 e. The zero-order valence-electron chi connectivity index (χ0n) is 8.68. The molecule has 0 bridgehead atoms. The Bertz CT molecular complexity index is 329. The molecule has 2 aliphatic carbocycles. The number of nitrogens with zero attached hydrogens (tertiary/aromatic N) is 1. The second kappa shape index (κ2) is 3.04. The summed E-state index contributed by atoms with van der Waals surface area (Å²) in [6.07, 6.45) is 10.4. The maximum Gasteiger partial charge on any atom is 0.0429 e. The van der Waals surface area contributed by atoms with Crippen molar-refractivity contribution in [2.45, 2.75) is 51.4 Å². The summed E-state index contributed by atoms with van der Waals surface area (Å²) in [4.78, 5) is 0. The Kier molecular flexibility index (Phi) is 1.82. The van der Waals surface area contributed by atoms with Gasteiger partial charge in [0.2, 0.25) is 0 Å². The van der Waals surface area contributed by atoms with Crippen LogP contribution in [0.3, 0.4) is 0 Å². The molecule has 0 spiro atoms. The predicted molar refractivity (Wildman–Crippen MR) is 57.9 cm³/mol. The summed E-state index contributed by atoms with van der Waals surface area (Å²) >= 11 is 0. The molecule has 14 heavy (non-hydrogen) atoms. The van der Waals surface area contributed by atoms with Crippen LogP contribution >= 0.6 is 0 Å². The van der Waals surface area contributed by atoms with E-state index >= 15 is 0 Å². The van der Waals surface area contributed by atoms with Gasteiger partial charge in [-0.2, -0.15) is 0 Å². The van der Waals surface area contributed by atoms with Gasteiger partial charge in [0.25, 0.3) is 0 Å². The van der Waals surface area contributed by atoms with Gasteiger partial charge in [-0.25, -0.2) is 0 Å². The molecular formula is C12H18N2. The first-order chi connectivity index (χ1) is 6.88. The number of nitrogens with two attached hydrogens (primary N) is 1. The lowest BCUT2D eigenvalue weighted by molar-refractivity contribution is 0.647. The molecular weight excluding hydrogens is 172 g/mol. The van der Waals surface area contributed by atoms with Crippen LogP contribution in [0.15, 0.2) is 0 Å². The topological polar surface area (TPSA) is 30.9 Å². The van der Waals surface area contributed by atoms with Gasteiger partial charge < -0.3 is 5.84 Å². The maximum absolute atomic E-state index is 6.16. The van der Waals surface area contributed by atoms with E-state index in [9.17, 15) is 0 Å². The van der Waals surface area contributed by atoms with Crippen molar-refractivity contribution in [3.05, 3.63) is 22.5 Å². The second-order valence-corrected chi connectivity index (χ2v) is 4.63. The number of nitrogen functional groups attached to an aromatic ring is 1. The smallest absolute Gasteiger partial charge is 0.0429 e. The van der Waals surface area contributed by atoms with Crippen LogP contribution in [0.5, 0.6) is 0 Å². The Labute approximate surface area is 85.1 Å². The Hall–Kier alpha value is -0.920. The largest absolute Gasteiger partial charge is 0.339 e. The van der Waals surface area contributed by atoms with Crippen molar-refractivity contribution in [2.24, 2.45) is 0 Å². The van der Waals surface area contributed by atoms with Crippen LogP contribution < -0.4 is 5.84 Å². The zero-order valence-corrected chi connectivity index (χ0v) is 8.68. The third kappa shape index (κ3) is 1.03. The molecule has 2 N–H and O–H groups in total. The quantitative estimate of drug-likeness (QED) is 0.623. The molecule has 0 saturated heterocycles. The highest BCUT2D eigenvalue weighted by molar-refractivity contribution is 5.41. The molecule has 3 rings (SSSR count). The fourth-order valence-corrected chi connectivity index (χ4v) is 3.12. The molecule has 2 nitrogen and oxygen atoms in total. The minimum absolute atomic E-state index is 1.21. The summed E-state index contributed by atoms with van der Waals surface area (Å²) in [7, 11) is 0. The highest BCUT2D eigenvalue weighted by Gasteiger charge is 2.24. The standard InChI is InChI=1S/C12H18N2/c13-14-11-7-3-1-5-9(11)10-6-2-4-8-12(10)14/h1-8,13H2. The SMILES string of the molecule is Nn1c2c(c3c1CCCC3)CCCC2. The average molecular weight is 190 g/mol. The van der Waals surface area contributed by atoms with Crippen molar-refractivity contribution in [3.8, 4) is 0 Å². The van der Waals surface area contributed by atoms with Crippen molar-refractivity contribution in [3.63, 3.8) is 0 Å². The minimum atomic E-state index is 1.21. The number of aromatic nitrogens is 1. The Balaban J connectivity index is 2.17. The lowest BCUT2D eigenvalue weighted by atomic mass is 9.89. The molecule has 0 atom stereocenters. The van der Waals surface area contributed by atoms with E-state index in [1.807, 2.05) is 4.68 Å². The van der Waals surface area contributed by atoms with Gasteiger partial charge in [-0.1, -0.05) is 0 Å². The molecule has 0 aromatic carbocycles. The van der Waals surface area contributed by atoms with E-state index in [1.165, 1.54) is 62.8 Å². The summed E-state index contributed by atoms with van der Waals surface area (Å²) < 4.78 is 2.02. The van der Waals surface area contributed by atoms with Gasteiger partial charge in [-0.15, -0.1) is 0 Å². The molecule has 0 fully saturated rings. The van der Waals surface area contributed by atoms with Crippen LogP contribution in [-0.2, 0) is 25.7 Å². The van der Waals surface area contributed by atoms with Crippen LogP contribution in [0.4, 0.5) is 0 Å². The summed E-state index contributed by atoms with van der Waals surface area (Å²) in [5.74, 6) is 6.16. The van der Waals surface area contributed by atoms with Crippen LogP contribution in [0.1, 0.15) is 48.2 Å². The first-order valence-corrected chi connectivity index (χ1v) is 5.87. The number of rotatable bonds is 0. The lowest BCUT2D eigenvalue weighted by Gasteiger charge is -2.14. The molecule has 76 valence electrons. The molecule has 0 amide bonds. The fraction of sp³-hybridized carbons (Fsp3) is 0.667. The van der Waals surface area contributed by atoms with E-state index in [2.05, 4.69) is 0 Å². The molecule has 1 heterocycles. The average Bonchev–Trinajstić information content (AvgIpc) is 2.55. The van der Waals surface area contributed by atoms with Crippen LogP contribution in [0, 0.1) is 0 Å². The van der Waals surface area contributed by atoms with Crippen LogP contribution in [0.2, 0.25) is 0 Å². The van der Waals surface area contributed by atoms with Gasteiger partial charge in [-0.05, 0) is 62.5 Å². The second-order valence-electron chi connectivity index (χ2n) is 4.63. The van der Waals surface area contributed by atoms with Gasteiger partial charge >= 0.3 is 0 Å². The van der Waals surface area contributed by atoms with Crippen molar-refractivity contribution < 1.29 is 0 Å². The molecule has 0 aliphatic heterocycles. The molecule has 1 aromatic rings. The fourth-order valence-electron chi connectivity index (χ4n) is 3.12. The number of hydrogen-bond acceptors (Lipinski definition) is 1. The summed E-state index contributed by atoms with van der Waals surface area (Å²) in [5, 5.41) is 0. The maximum atomic E-state index is 6.16. The van der Waals surface area contributed by atoms with Crippen molar-refractivity contribution in [2.75, 3.05) is 5.84 Å². The third-order valence-electron chi connectivity index (χ3n) is 3.82. The summed E-state index contributed by atoms with van der Waals surface area (Å²) in [5.41, 5.74) is 6.13. The van der Waals surface area contributed by atoms with E-state index in [4.69, 9.17) is 5.84 Å². The Morgan fingerprint density at radius 1 is 0.714 bits per heavy atom. The van der Waals surface area contributed by atoms with Crippen LogP contribution in [0.25, 0.3) is 0 Å². The predicted octanol–water partition coefficient (Wildman–Crippen LogP) is 1.96. The Morgan fingerprint density at radius 2 is 1.14 bits per heavy atom. The summed E-state index contributed by atoms with van der Waals surface area (Å²) in [6.45, 7) is 0. The summed E-state index contributed by atoms with van der Waals surface area (Å²) in [6, 6.07) is 0. The van der Waals surface area contributed by atoms with E-state index in [0.717, 1.165) is 0 Å². The van der Waals surface area contributed by atoms with E-state index in [0.29, 0.717) is 0 Å². The van der Waals surface area contributed by atoms with Gasteiger partial charge in [0.15, 0.2) is 0 Å². The highest BCUT2D eigenvalue weighted by atomic mass is 15.3. The van der Waals surface area contributed by atoms with E-state index in [1.54, 1.807) is 11.1 Å². The first kappa shape index (κ1) is 8.39. The van der Waals surface area contributed by atoms with Crippen LogP contribution in [-0.4, -0.2) is 4.68 Å². The normalized spacial score (nSPS) is 20.3. The number of hydrogen-bond donors (Lipinski definition) is 1. The zero-order chi connectivity index (χ0) is 9.54. The molecule has 0 saturated carbocycles.